The van der Waals surface area contributed by atoms with E-state index in [1.165, 1.54) is 0 Å². The summed E-state index contributed by atoms with van der Waals surface area (Å²) >= 11 is 0. The Morgan fingerprint density at radius 3 is 2.81 bits per heavy atom. The van der Waals surface area contributed by atoms with E-state index in [-0.39, 0.29) is 11.8 Å². The Morgan fingerprint density at radius 2 is 2.14 bits per heavy atom. The number of rotatable bonds is 6. The van der Waals surface area contributed by atoms with Crippen LogP contribution < -0.4 is 10.6 Å². The van der Waals surface area contributed by atoms with E-state index in [9.17, 15) is 4.79 Å². The van der Waals surface area contributed by atoms with Gasteiger partial charge in [0.25, 0.3) is 0 Å². The summed E-state index contributed by atoms with van der Waals surface area (Å²) in [5, 5.41) is 14.1. The molecule has 2 N–H and O–H groups in total. The third kappa shape index (κ3) is 3.66. The average Bonchev–Trinajstić information content (AvgIpc) is 2.91. The molecule has 1 aromatic heterocycles. The number of carbonyl (C=O) groups is 1. The zero-order valence-corrected chi connectivity index (χ0v) is 12.6. The van der Waals surface area contributed by atoms with Crippen LogP contribution in [-0.4, -0.2) is 33.8 Å². The molecule has 21 heavy (non-hydrogen) atoms. The second-order valence-electron chi connectivity index (χ2n) is 5.01. The molecule has 6 nitrogen and oxygen atoms in total. The molecular formula is C15H21N5O. The number of nitrogens with zero attached hydrogens (tertiary/aromatic N) is 3. The van der Waals surface area contributed by atoms with Crippen LogP contribution in [0.25, 0.3) is 11.4 Å². The minimum atomic E-state index is -0.0995. The van der Waals surface area contributed by atoms with Crippen LogP contribution >= 0.6 is 0 Å². The van der Waals surface area contributed by atoms with Crippen LogP contribution in [0.5, 0.6) is 0 Å². The van der Waals surface area contributed by atoms with Gasteiger partial charge in [0.05, 0.1) is 5.69 Å². The predicted octanol–water partition coefficient (Wildman–Crippen LogP) is 1.67. The first-order chi connectivity index (χ1) is 10.1. The van der Waals surface area contributed by atoms with Crippen molar-refractivity contribution in [3.63, 3.8) is 0 Å². The van der Waals surface area contributed by atoms with Crippen LogP contribution in [0.4, 0.5) is 5.69 Å². The van der Waals surface area contributed by atoms with Crippen molar-refractivity contribution in [3.05, 3.63) is 30.6 Å². The molecular weight excluding hydrogens is 266 g/mol. The van der Waals surface area contributed by atoms with E-state index in [2.05, 4.69) is 20.8 Å². The van der Waals surface area contributed by atoms with Crippen molar-refractivity contribution in [2.75, 3.05) is 18.4 Å². The van der Waals surface area contributed by atoms with Crippen LogP contribution in [0, 0.1) is 5.92 Å². The van der Waals surface area contributed by atoms with Gasteiger partial charge in [0.1, 0.15) is 6.33 Å². The topological polar surface area (TPSA) is 71.8 Å². The van der Waals surface area contributed by atoms with Crippen LogP contribution in [0.15, 0.2) is 30.6 Å². The third-order valence-corrected chi connectivity index (χ3v) is 3.29. The molecule has 0 aliphatic heterocycles. The number of aryl methyl sites for hydroxylation is 1. The molecule has 1 unspecified atom stereocenters. The molecule has 0 aliphatic rings. The lowest BCUT2D eigenvalue weighted by Crippen LogP contribution is -2.30. The van der Waals surface area contributed by atoms with Crippen molar-refractivity contribution in [1.29, 1.82) is 0 Å². The van der Waals surface area contributed by atoms with E-state index in [0.29, 0.717) is 6.54 Å². The van der Waals surface area contributed by atoms with E-state index in [0.717, 1.165) is 23.6 Å². The summed E-state index contributed by atoms with van der Waals surface area (Å²) in [6, 6.07) is 7.61. The molecule has 0 radical (unpaired) electrons. The van der Waals surface area contributed by atoms with Crippen molar-refractivity contribution in [3.8, 4) is 11.4 Å². The minimum absolute atomic E-state index is 0.00873. The Labute approximate surface area is 124 Å². The van der Waals surface area contributed by atoms with Gasteiger partial charge < -0.3 is 15.2 Å². The van der Waals surface area contributed by atoms with Crippen molar-refractivity contribution in [2.24, 2.45) is 13.0 Å². The number of para-hydroxylation sites is 1. The van der Waals surface area contributed by atoms with Crippen molar-refractivity contribution < 1.29 is 4.79 Å². The second kappa shape index (κ2) is 6.99. The van der Waals surface area contributed by atoms with Gasteiger partial charge in [-0.1, -0.05) is 26.0 Å². The van der Waals surface area contributed by atoms with E-state index >= 15 is 0 Å². The molecule has 0 spiro atoms. The first-order valence-electron chi connectivity index (χ1n) is 7.08. The van der Waals surface area contributed by atoms with Crippen molar-refractivity contribution in [1.82, 2.24) is 20.1 Å². The highest BCUT2D eigenvalue weighted by molar-refractivity contribution is 5.96. The highest BCUT2D eigenvalue weighted by Gasteiger charge is 2.16. The summed E-state index contributed by atoms with van der Waals surface area (Å²) in [6.07, 6.45) is 1.64. The fraction of sp³-hybridized carbons (Fsp3) is 0.400. The molecule has 0 saturated heterocycles. The molecule has 112 valence electrons. The maximum Gasteiger partial charge on any atom is 0.228 e. The van der Waals surface area contributed by atoms with Gasteiger partial charge in [-0.25, -0.2) is 0 Å². The van der Waals surface area contributed by atoms with Crippen molar-refractivity contribution in [2.45, 2.75) is 13.8 Å². The summed E-state index contributed by atoms with van der Waals surface area (Å²) in [7, 11) is 1.88. The molecule has 1 amide bonds. The largest absolute Gasteiger partial charge is 0.325 e. The van der Waals surface area contributed by atoms with Gasteiger partial charge in [0.2, 0.25) is 5.91 Å². The normalized spacial score (nSPS) is 12.1. The van der Waals surface area contributed by atoms with Crippen molar-refractivity contribution >= 4 is 11.6 Å². The van der Waals surface area contributed by atoms with Gasteiger partial charge in [-0.05, 0) is 18.7 Å². The summed E-state index contributed by atoms with van der Waals surface area (Å²) in [4.78, 5) is 12.2. The van der Waals surface area contributed by atoms with Crippen LogP contribution in [0.1, 0.15) is 13.8 Å². The highest BCUT2D eigenvalue weighted by Crippen LogP contribution is 2.25. The van der Waals surface area contributed by atoms with Crippen LogP contribution in [-0.2, 0) is 11.8 Å². The zero-order valence-electron chi connectivity index (χ0n) is 12.6. The van der Waals surface area contributed by atoms with E-state index < -0.39 is 0 Å². The average molecular weight is 287 g/mol. The fourth-order valence-electron chi connectivity index (χ4n) is 2.02. The predicted molar refractivity (Wildman–Crippen MR) is 82.8 cm³/mol. The number of nitrogens with one attached hydrogen (secondary N) is 2. The monoisotopic (exact) mass is 287 g/mol. The molecule has 1 heterocycles. The minimum Gasteiger partial charge on any atom is -0.325 e. The lowest BCUT2D eigenvalue weighted by Gasteiger charge is -2.14. The molecule has 1 aromatic carbocycles. The fourth-order valence-corrected chi connectivity index (χ4v) is 2.02. The second-order valence-corrected chi connectivity index (χ2v) is 5.01. The Morgan fingerprint density at radius 1 is 1.38 bits per heavy atom. The molecule has 2 rings (SSSR count). The summed E-state index contributed by atoms with van der Waals surface area (Å²) < 4.78 is 1.83. The zero-order chi connectivity index (χ0) is 15.2. The number of anilines is 1. The first-order valence-corrected chi connectivity index (χ1v) is 7.08. The van der Waals surface area contributed by atoms with Gasteiger partial charge in [0, 0.05) is 25.1 Å². The number of hydrogen-bond donors (Lipinski definition) is 2. The summed E-state index contributed by atoms with van der Waals surface area (Å²) in [5.74, 6) is 0.619. The molecule has 6 heteroatoms. The van der Waals surface area contributed by atoms with Crippen LogP contribution in [0.2, 0.25) is 0 Å². The Kier molecular flexibility index (Phi) is 5.05. The van der Waals surface area contributed by atoms with Gasteiger partial charge >= 0.3 is 0 Å². The Bertz CT molecular complexity index is 608. The molecule has 0 fully saturated rings. The maximum atomic E-state index is 12.2. The molecule has 0 saturated carbocycles. The first kappa shape index (κ1) is 15.2. The molecule has 1 atom stereocenters. The molecule has 2 aromatic rings. The Hall–Kier alpha value is -2.21. The van der Waals surface area contributed by atoms with E-state index in [1.807, 2.05) is 49.7 Å². The van der Waals surface area contributed by atoms with Gasteiger partial charge in [-0.15, -0.1) is 10.2 Å². The number of hydrogen-bond acceptors (Lipinski definition) is 4. The van der Waals surface area contributed by atoms with E-state index in [4.69, 9.17) is 0 Å². The van der Waals surface area contributed by atoms with Gasteiger partial charge in [0.15, 0.2) is 5.82 Å². The van der Waals surface area contributed by atoms with Gasteiger partial charge in [-0.2, -0.15) is 0 Å². The SMILES string of the molecule is CCNCC(C)C(=O)Nc1ccccc1-c1nncn1C. The number of aromatic nitrogens is 3. The summed E-state index contributed by atoms with van der Waals surface area (Å²) in [6.45, 7) is 5.44. The quantitative estimate of drug-likeness (QED) is 0.847. The standard InChI is InChI=1S/C15H21N5O/c1-4-16-9-11(2)15(21)18-13-8-6-5-7-12(13)14-19-17-10-20(14)3/h5-8,10-11,16H,4,9H2,1-3H3,(H,18,21). The molecule has 0 aliphatic carbocycles. The lowest BCUT2D eigenvalue weighted by molar-refractivity contribution is -0.119. The van der Waals surface area contributed by atoms with E-state index in [1.54, 1.807) is 6.33 Å². The lowest BCUT2D eigenvalue weighted by atomic mass is 10.1. The number of carbonyl (C=O) groups excluding carboxylic acids is 1. The third-order valence-electron chi connectivity index (χ3n) is 3.29. The van der Waals surface area contributed by atoms with Gasteiger partial charge in [-0.3, -0.25) is 4.79 Å². The van der Waals surface area contributed by atoms with Crippen LogP contribution in [0.3, 0.4) is 0 Å². The molecule has 0 bridgehead atoms. The maximum absolute atomic E-state index is 12.2. The number of benzene rings is 1. The Balaban J connectivity index is 2.18. The smallest absolute Gasteiger partial charge is 0.228 e. The summed E-state index contributed by atoms with van der Waals surface area (Å²) in [5.41, 5.74) is 1.61. The highest BCUT2D eigenvalue weighted by atomic mass is 16.1. The number of amides is 1.